The Kier molecular flexibility index (Phi) is 4.69. The summed E-state index contributed by atoms with van der Waals surface area (Å²) in [6.07, 6.45) is 4.68. The van der Waals surface area contributed by atoms with E-state index < -0.39 is 0 Å². The van der Waals surface area contributed by atoms with Gasteiger partial charge in [-0.2, -0.15) is 0 Å². The number of carbonyl (C=O) groups excluding carboxylic acids is 1. The highest BCUT2D eigenvalue weighted by Gasteiger charge is 2.25. The second kappa shape index (κ2) is 6.10. The highest BCUT2D eigenvalue weighted by atomic mass is 35.5. The monoisotopic (exact) mass is 300 g/mol. The van der Waals surface area contributed by atoms with E-state index in [0.29, 0.717) is 22.4 Å². The number of amides is 1. The highest BCUT2D eigenvalue weighted by Crippen LogP contribution is 2.29. The molecule has 1 heterocycles. The van der Waals surface area contributed by atoms with Gasteiger partial charge in [0.15, 0.2) is 0 Å². The molecule has 0 aromatic carbocycles. The molecule has 1 saturated carbocycles. The van der Waals surface area contributed by atoms with Crippen molar-refractivity contribution >= 4 is 29.1 Å². The van der Waals surface area contributed by atoms with Crippen LogP contribution < -0.4 is 5.32 Å². The number of aromatic nitrogens is 1. The summed E-state index contributed by atoms with van der Waals surface area (Å²) in [6, 6.07) is 1.73. The Balaban J connectivity index is 2.06. The van der Waals surface area contributed by atoms with Crippen molar-refractivity contribution in [2.75, 3.05) is 0 Å². The molecule has 2 unspecified atom stereocenters. The minimum Gasteiger partial charge on any atom is -0.349 e. The number of nitrogens with zero attached hydrogens (tertiary/aromatic N) is 1. The molecule has 3 nitrogen and oxygen atoms in total. The first-order valence-electron chi connectivity index (χ1n) is 6.57. The molecule has 0 radical (unpaired) electrons. The van der Waals surface area contributed by atoms with E-state index in [0.717, 1.165) is 12.8 Å². The minimum absolute atomic E-state index is 0.166. The second-order valence-electron chi connectivity index (χ2n) is 5.57. The van der Waals surface area contributed by atoms with Crippen LogP contribution in [0.4, 0.5) is 0 Å². The van der Waals surface area contributed by atoms with Gasteiger partial charge in [-0.25, -0.2) is 4.98 Å². The zero-order valence-electron chi connectivity index (χ0n) is 11.1. The second-order valence-corrected chi connectivity index (χ2v) is 6.37. The van der Waals surface area contributed by atoms with Crippen LogP contribution >= 0.6 is 23.2 Å². The molecule has 0 bridgehead atoms. The van der Waals surface area contributed by atoms with Crippen LogP contribution in [0.5, 0.6) is 0 Å². The van der Waals surface area contributed by atoms with Crippen molar-refractivity contribution in [2.24, 2.45) is 11.8 Å². The molecule has 1 aliphatic carbocycles. The lowest BCUT2D eigenvalue weighted by Crippen LogP contribution is -2.40. The minimum atomic E-state index is -0.166. The molecule has 1 N–H and O–H groups in total. The summed E-state index contributed by atoms with van der Waals surface area (Å²) in [5, 5.41) is 3.66. The first kappa shape index (κ1) is 14.6. The Morgan fingerprint density at radius 3 is 2.53 bits per heavy atom. The molecule has 0 saturated heterocycles. The van der Waals surface area contributed by atoms with Gasteiger partial charge in [-0.1, -0.05) is 37.0 Å². The van der Waals surface area contributed by atoms with Crippen LogP contribution in [0.3, 0.4) is 0 Å². The average Bonchev–Trinajstić information content (AvgIpc) is 2.30. The van der Waals surface area contributed by atoms with Crippen LogP contribution in [0.2, 0.25) is 10.2 Å². The number of hydrogen-bond donors (Lipinski definition) is 1. The summed E-state index contributed by atoms with van der Waals surface area (Å²) < 4.78 is 0. The summed E-state index contributed by atoms with van der Waals surface area (Å²) in [6.45, 7) is 4.45. The van der Waals surface area contributed by atoms with Crippen LogP contribution in [0.25, 0.3) is 0 Å². The van der Waals surface area contributed by atoms with Gasteiger partial charge in [-0.3, -0.25) is 4.79 Å². The van der Waals surface area contributed by atoms with Crippen molar-refractivity contribution in [2.45, 2.75) is 39.2 Å². The van der Waals surface area contributed by atoms with Gasteiger partial charge in [0.25, 0.3) is 5.91 Å². The molecule has 1 aliphatic rings. The first-order valence-corrected chi connectivity index (χ1v) is 7.33. The maximum atomic E-state index is 12.2. The normalized spacial score (nSPS) is 27.1. The summed E-state index contributed by atoms with van der Waals surface area (Å²) in [5.74, 6) is 1.12. The van der Waals surface area contributed by atoms with Crippen LogP contribution in [0.1, 0.15) is 43.5 Å². The number of rotatable bonds is 2. The number of halogens is 2. The fourth-order valence-electron chi connectivity index (χ4n) is 2.92. The van der Waals surface area contributed by atoms with Crippen molar-refractivity contribution < 1.29 is 4.79 Å². The SMILES string of the molecule is CC1CC(C)CC(NC(=O)c2cc(Cl)ncc2Cl)C1. The van der Waals surface area contributed by atoms with Gasteiger partial charge in [0, 0.05) is 12.2 Å². The molecule has 0 spiro atoms. The van der Waals surface area contributed by atoms with Crippen molar-refractivity contribution in [1.82, 2.24) is 10.3 Å². The standard InChI is InChI=1S/C14H18Cl2N2O/c1-8-3-9(2)5-10(4-8)18-14(19)11-6-13(16)17-7-12(11)15/h6-10H,3-5H2,1-2H3,(H,18,19). The van der Waals surface area contributed by atoms with Gasteiger partial charge in [-0.05, 0) is 37.2 Å². The topological polar surface area (TPSA) is 42.0 Å². The quantitative estimate of drug-likeness (QED) is 0.841. The van der Waals surface area contributed by atoms with E-state index in [-0.39, 0.29) is 17.1 Å². The number of nitrogens with one attached hydrogen (secondary N) is 1. The van der Waals surface area contributed by atoms with Gasteiger partial charge in [-0.15, -0.1) is 0 Å². The molecule has 1 fully saturated rings. The third-order valence-electron chi connectivity index (χ3n) is 3.58. The third-order valence-corrected chi connectivity index (χ3v) is 4.09. The lowest BCUT2D eigenvalue weighted by Gasteiger charge is -2.32. The van der Waals surface area contributed by atoms with Gasteiger partial charge in [0.2, 0.25) is 0 Å². The van der Waals surface area contributed by atoms with E-state index in [1.54, 1.807) is 0 Å². The van der Waals surface area contributed by atoms with Gasteiger partial charge >= 0.3 is 0 Å². The highest BCUT2D eigenvalue weighted by molar-refractivity contribution is 6.35. The van der Waals surface area contributed by atoms with Crippen LogP contribution in [0.15, 0.2) is 12.3 Å². The molecule has 0 aliphatic heterocycles. The van der Waals surface area contributed by atoms with Gasteiger partial charge in [0.05, 0.1) is 10.6 Å². The van der Waals surface area contributed by atoms with E-state index in [9.17, 15) is 4.79 Å². The predicted molar refractivity (Wildman–Crippen MR) is 77.7 cm³/mol. The largest absolute Gasteiger partial charge is 0.349 e. The maximum Gasteiger partial charge on any atom is 0.253 e. The van der Waals surface area contributed by atoms with Crippen LogP contribution in [-0.4, -0.2) is 16.9 Å². The predicted octanol–water partition coefficient (Wildman–Crippen LogP) is 3.94. The summed E-state index contributed by atoms with van der Waals surface area (Å²) >= 11 is 11.8. The molecule has 19 heavy (non-hydrogen) atoms. The van der Waals surface area contributed by atoms with E-state index in [2.05, 4.69) is 24.1 Å². The first-order chi connectivity index (χ1) is 8.95. The molecule has 1 aromatic heterocycles. The van der Waals surface area contributed by atoms with E-state index >= 15 is 0 Å². The van der Waals surface area contributed by atoms with Crippen LogP contribution in [0, 0.1) is 11.8 Å². The third kappa shape index (κ3) is 3.83. The summed E-state index contributed by atoms with van der Waals surface area (Å²) in [5.41, 5.74) is 0.396. The Hall–Kier alpha value is -0.800. The van der Waals surface area contributed by atoms with Gasteiger partial charge in [0.1, 0.15) is 5.15 Å². The Morgan fingerprint density at radius 2 is 1.89 bits per heavy atom. The van der Waals surface area contributed by atoms with Crippen molar-refractivity contribution in [1.29, 1.82) is 0 Å². The smallest absolute Gasteiger partial charge is 0.253 e. The summed E-state index contributed by atoms with van der Waals surface area (Å²) in [4.78, 5) is 16.1. The van der Waals surface area contributed by atoms with Crippen molar-refractivity contribution in [3.8, 4) is 0 Å². The zero-order valence-corrected chi connectivity index (χ0v) is 12.6. The van der Waals surface area contributed by atoms with E-state index in [1.165, 1.54) is 18.7 Å². The Labute approximate surface area is 123 Å². The molecular weight excluding hydrogens is 283 g/mol. The molecule has 2 rings (SSSR count). The van der Waals surface area contributed by atoms with E-state index in [1.807, 2.05) is 0 Å². The fourth-order valence-corrected chi connectivity index (χ4v) is 3.26. The molecule has 1 aromatic rings. The number of hydrogen-bond acceptors (Lipinski definition) is 2. The van der Waals surface area contributed by atoms with E-state index in [4.69, 9.17) is 23.2 Å². The number of carbonyl (C=O) groups is 1. The average molecular weight is 301 g/mol. The molecule has 2 atom stereocenters. The Bertz CT molecular complexity index is 469. The van der Waals surface area contributed by atoms with Crippen molar-refractivity contribution in [3.05, 3.63) is 28.0 Å². The molecular formula is C14H18Cl2N2O. The maximum absolute atomic E-state index is 12.2. The molecule has 5 heteroatoms. The fraction of sp³-hybridized carbons (Fsp3) is 0.571. The zero-order chi connectivity index (χ0) is 14.0. The molecule has 104 valence electrons. The lowest BCUT2D eigenvalue weighted by atomic mass is 9.80. The Morgan fingerprint density at radius 1 is 1.26 bits per heavy atom. The summed E-state index contributed by atoms with van der Waals surface area (Å²) in [7, 11) is 0. The lowest BCUT2D eigenvalue weighted by molar-refractivity contribution is 0.0911. The molecule has 1 amide bonds. The van der Waals surface area contributed by atoms with Crippen LogP contribution in [-0.2, 0) is 0 Å². The van der Waals surface area contributed by atoms with Gasteiger partial charge < -0.3 is 5.32 Å². The van der Waals surface area contributed by atoms with Crippen molar-refractivity contribution in [3.63, 3.8) is 0 Å². The number of pyridine rings is 1.